The van der Waals surface area contributed by atoms with Crippen molar-refractivity contribution in [1.29, 1.82) is 0 Å². The summed E-state index contributed by atoms with van der Waals surface area (Å²) >= 11 is 3.36. The van der Waals surface area contributed by atoms with Gasteiger partial charge in [-0.1, -0.05) is 15.9 Å². The van der Waals surface area contributed by atoms with Crippen LogP contribution in [-0.4, -0.2) is 0 Å². The molecule has 0 spiro atoms. The molecule has 2 aromatic carbocycles. The van der Waals surface area contributed by atoms with E-state index < -0.39 is 11.3 Å². The molecule has 0 atom stereocenters. The number of ether oxygens (including phenoxy) is 1. The van der Waals surface area contributed by atoms with E-state index in [0.29, 0.717) is 16.9 Å². The van der Waals surface area contributed by atoms with E-state index in [4.69, 9.17) is 13.6 Å². The smallest absolute Gasteiger partial charge is 0.336 e. The van der Waals surface area contributed by atoms with Crippen molar-refractivity contribution in [3.05, 3.63) is 85.0 Å². The van der Waals surface area contributed by atoms with E-state index in [1.807, 2.05) is 25.1 Å². The van der Waals surface area contributed by atoms with Crippen LogP contribution in [0, 0.1) is 6.92 Å². The summed E-state index contributed by atoms with van der Waals surface area (Å²) in [4.78, 5) is 23.3. The second-order valence-corrected chi connectivity index (χ2v) is 6.84. The fourth-order valence-corrected chi connectivity index (χ4v) is 3.22. The number of hydrogen-bond acceptors (Lipinski definition) is 5. The highest BCUT2D eigenvalue weighted by Crippen LogP contribution is 2.25. The summed E-state index contributed by atoms with van der Waals surface area (Å²) in [6, 6.07) is 13.7. The molecule has 4 rings (SSSR count). The predicted octanol–water partition coefficient (Wildman–Crippen LogP) is 4.55. The monoisotopic (exact) mass is 412 g/mol. The van der Waals surface area contributed by atoms with Gasteiger partial charge in [0.1, 0.15) is 23.5 Å². The summed E-state index contributed by atoms with van der Waals surface area (Å²) < 4.78 is 17.1. The number of benzene rings is 2. The molecular weight excluding hydrogens is 400 g/mol. The SMILES string of the molecule is Cc1cc(=O)oc2cc(OCc3cc(=O)oc4cc(Br)ccc34)ccc12. The third kappa shape index (κ3) is 3.15. The van der Waals surface area contributed by atoms with Crippen LogP contribution >= 0.6 is 15.9 Å². The summed E-state index contributed by atoms with van der Waals surface area (Å²) in [7, 11) is 0. The maximum absolute atomic E-state index is 11.8. The predicted molar refractivity (Wildman–Crippen MR) is 102 cm³/mol. The largest absolute Gasteiger partial charge is 0.489 e. The number of halogens is 1. The maximum atomic E-state index is 11.8. The quantitative estimate of drug-likeness (QED) is 0.461. The zero-order chi connectivity index (χ0) is 18.3. The normalized spacial score (nSPS) is 11.2. The maximum Gasteiger partial charge on any atom is 0.336 e. The molecule has 2 heterocycles. The third-order valence-corrected chi connectivity index (χ3v) is 4.60. The molecule has 0 saturated carbocycles. The molecule has 0 aliphatic heterocycles. The molecule has 0 radical (unpaired) electrons. The molecule has 26 heavy (non-hydrogen) atoms. The Kier molecular flexibility index (Phi) is 4.12. The van der Waals surface area contributed by atoms with Gasteiger partial charge < -0.3 is 13.6 Å². The second kappa shape index (κ2) is 6.46. The minimum Gasteiger partial charge on any atom is -0.489 e. The highest BCUT2D eigenvalue weighted by Gasteiger charge is 2.09. The van der Waals surface area contributed by atoms with Crippen molar-refractivity contribution in [2.45, 2.75) is 13.5 Å². The number of rotatable bonds is 3. The van der Waals surface area contributed by atoms with Crippen LogP contribution in [0.1, 0.15) is 11.1 Å². The molecule has 5 nitrogen and oxygen atoms in total. The van der Waals surface area contributed by atoms with Gasteiger partial charge in [-0.25, -0.2) is 9.59 Å². The molecule has 130 valence electrons. The first-order chi connectivity index (χ1) is 12.5. The molecule has 0 fully saturated rings. The van der Waals surface area contributed by atoms with Crippen LogP contribution in [0.2, 0.25) is 0 Å². The molecule has 2 aromatic heterocycles. The zero-order valence-electron chi connectivity index (χ0n) is 13.7. The summed E-state index contributed by atoms with van der Waals surface area (Å²) in [6.07, 6.45) is 0. The van der Waals surface area contributed by atoms with Gasteiger partial charge in [0.2, 0.25) is 0 Å². The van der Waals surface area contributed by atoms with Gasteiger partial charge in [0.05, 0.1) is 0 Å². The lowest BCUT2D eigenvalue weighted by Crippen LogP contribution is -2.04. The van der Waals surface area contributed by atoms with Gasteiger partial charge in [0, 0.05) is 39.0 Å². The van der Waals surface area contributed by atoms with Gasteiger partial charge in [0.25, 0.3) is 0 Å². The summed E-state index contributed by atoms with van der Waals surface area (Å²) in [5.41, 5.74) is 1.69. The molecule has 0 N–H and O–H groups in total. The molecule has 4 aromatic rings. The highest BCUT2D eigenvalue weighted by atomic mass is 79.9. The molecular formula is C20H13BrO5. The fraction of sp³-hybridized carbons (Fsp3) is 0.100. The van der Waals surface area contributed by atoms with Crippen molar-refractivity contribution in [2.75, 3.05) is 0 Å². The van der Waals surface area contributed by atoms with E-state index in [1.165, 1.54) is 12.1 Å². The van der Waals surface area contributed by atoms with E-state index in [9.17, 15) is 9.59 Å². The standard InChI is InChI=1S/C20H13BrO5/c1-11-6-19(22)26-18-9-14(3-5-15(11)18)24-10-12-7-20(23)25-17-8-13(21)2-4-16(12)17/h2-9H,10H2,1H3. The molecule has 0 aliphatic rings. The summed E-state index contributed by atoms with van der Waals surface area (Å²) in [5.74, 6) is 0.546. The van der Waals surface area contributed by atoms with Crippen LogP contribution in [0.3, 0.4) is 0 Å². The first kappa shape index (κ1) is 16.6. The molecule has 0 unspecified atom stereocenters. The van der Waals surface area contributed by atoms with Crippen LogP contribution in [0.25, 0.3) is 21.9 Å². The van der Waals surface area contributed by atoms with Crippen LogP contribution < -0.4 is 16.0 Å². The van der Waals surface area contributed by atoms with Crippen LogP contribution in [-0.2, 0) is 6.61 Å². The van der Waals surface area contributed by atoms with Crippen molar-refractivity contribution in [1.82, 2.24) is 0 Å². The van der Waals surface area contributed by atoms with Crippen molar-refractivity contribution in [3.63, 3.8) is 0 Å². The van der Waals surface area contributed by atoms with Crippen molar-refractivity contribution < 1.29 is 13.6 Å². The topological polar surface area (TPSA) is 69.7 Å². The summed E-state index contributed by atoms with van der Waals surface area (Å²) in [5, 5.41) is 1.66. The Hall–Kier alpha value is -2.86. The number of aryl methyl sites for hydroxylation is 1. The van der Waals surface area contributed by atoms with Gasteiger partial charge in [-0.3, -0.25) is 0 Å². The fourth-order valence-electron chi connectivity index (χ4n) is 2.88. The molecule has 0 aliphatic carbocycles. The van der Waals surface area contributed by atoms with Gasteiger partial charge in [-0.15, -0.1) is 0 Å². The Balaban J connectivity index is 1.69. The lowest BCUT2D eigenvalue weighted by molar-refractivity contribution is 0.306. The average Bonchev–Trinajstić information content (AvgIpc) is 2.58. The van der Waals surface area contributed by atoms with Crippen molar-refractivity contribution >= 4 is 37.9 Å². The Morgan fingerprint density at radius 1 is 0.885 bits per heavy atom. The lowest BCUT2D eigenvalue weighted by atomic mass is 10.1. The Morgan fingerprint density at radius 2 is 1.58 bits per heavy atom. The average molecular weight is 413 g/mol. The van der Waals surface area contributed by atoms with Crippen molar-refractivity contribution in [3.8, 4) is 5.75 Å². The summed E-state index contributed by atoms with van der Waals surface area (Å²) in [6.45, 7) is 2.04. The highest BCUT2D eigenvalue weighted by molar-refractivity contribution is 9.10. The third-order valence-electron chi connectivity index (χ3n) is 4.11. The van der Waals surface area contributed by atoms with Crippen LogP contribution in [0.15, 0.2) is 71.4 Å². The first-order valence-corrected chi connectivity index (χ1v) is 8.68. The second-order valence-electron chi connectivity index (χ2n) is 5.93. The van der Waals surface area contributed by atoms with E-state index in [0.717, 1.165) is 26.4 Å². The Morgan fingerprint density at radius 3 is 2.38 bits per heavy atom. The number of fused-ring (bicyclic) bond motifs is 2. The van der Waals surface area contributed by atoms with Gasteiger partial charge >= 0.3 is 11.3 Å². The van der Waals surface area contributed by atoms with E-state index in [2.05, 4.69) is 15.9 Å². The van der Waals surface area contributed by atoms with Gasteiger partial charge in [-0.05, 0) is 42.8 Å². The Bertz CT molecular complexity index is 1250. The zero-order valence-corrected chi connectivity index (χ0v) is 15.3. The van der Waals surface area contributed by atoms with Gasteiger partial charge in [0.15, 0.2) is 0 Å². The minimum absolute atomic E-state index is 0.186. The number of hydrogen-bond donors (Lipinski definition) is 0. The Labute approximate surface area is 155 Å². The van der Waals surface area contributed by atoms with Crippen LogP contribution in [0.5, 0.6) is 5.75 Å². The first-order valence-electron chi connectivity index (χ1n) is 7.89. The van der Waals surface area contributed by atoms with E-state index in [-0.39, 0.29) is 6.61 Å². The molecule has 0 saturated heterocycles. The lowest BCUT2D eigenvalue weighted by Gasteiger charge is -2.09. The molecule has 0 bridgehead atoms. The van der Waals surface area contributed by atoms with E-state index >= 15 is 0 Å². The minimum atomic E-state index is -0.436. The molecule has 0 amide bonds. The van der Waals surface area contributed by atoms with Crippen LogP contribution in [0.4, 0.5) is 0 Å². The van der Waals surface area contributed by atoms with E-state index in [1.54, 1.807) is 18.2 Å². The van der Waals surface area contributed by atoms with Crippen molar-refractivity contribution in [2.24, 2.45) is 0 Å². The molecule has 6 heteroatoms. The van der Waals surface area contributed by atoms with Gasteiger partial charge in [-0.2, -0.15) is 0 Å².